The second-order valence-corrected chi connectivity index (χ2v) is 5.18. The fourth-order valence-corrected chi connectivity index (χ4v) is 2.60. The number of rotatable bonds is 3. The first-order valence-corrected chi connectivity index (χ1v) is 6.68. The molecule has 6 heteroatoms. The summed E-state index contributed by atoms with van der Waals surface area (Å²) in [4.78, 5) is 21.9. The number of carboxylic acid groups (broad SMARTS) is 2. The summed E-state index contributed by atoms with van der Waals surface area (Å²) in [5.74, 6) is -2.07. The Morgan fingerprint density at radius 2 is 1.90 bits per heavy atom. The number of nitrogens with zero attached hydrogens (tertiary/aromatic N) is 2. The monoisotopic (exact) mass is 286 g/mol. The van der Waals surface area contributed by atoms with Crippen LogP contribution in [0.4, 0.5) is 0 Å². The van der Waals surface area contributed by atoms with Gasteiger partial charge < -0.3 is 10.2 Å². The number of hydrogen-bond donors (Lipinski definition) is 2. The lowest BCUT2D eigenvalue weighted by molar-refractivity contribution is -0.142. The molecule has 0 fully saturated rings. The van der Waals surface area contributed by atoms with E-state index in [2.05, 4.69) is 5.10 Å². The van der Waals surface area contributed by atoms with Crippen LogP contribution >= 0.6 is 0 Å². The molecular formula is C15H14N2O4. The maximum absolute atomic E-state index is 11.1. The van der Waals surface area contributed by atoms with Gasteiger partial charge in [-0.05, 0) is 49.1 Å². The normalized spacial score (nSPS) is 17.2. The molecule has 1 aliphatic carbocycles. The highest BCUT2D eigenvalue weighted by Crippen LogP contribution is 2.26. The van der Waals surface area contributed by atoms with Gasteiger partial charge in [0.25, 0.3) is 0 Å². The molecule has 6 nitrogen and oxygen atoms in total. The molecule has 3 rings (SSSR count). The highest BCUT2D eigenvalue weighted by molar-refractivity contribution is 5.87. The van der Waals surface area contributed by atoms with E-state index in [1.54, 1.807) is 16.8 Å². The van der Waals surface area contributed by atoms with E-state index in [4.69, 9.17) is 10.2 Å². The Kier molecular flexibility index (Phi) is 3.21. The number of aryl methyl sites for hydroxylation is 1. The first kappa shape index (κ1) is 13.4. The Labute approximate surface area is 120 Å². The van der Waals surface area contributed by atoms with Gasteiger partial charge in [-0.3, -0.25) is 4.79 Å². The van der Waals surface area contributed by atoms with Crippen LogP contribution in [0.1, 0.15) is 28.0 Å². The molecular weight excluding hydrogens is 272 g/mol. The van der Waals surface area contributed by atoms with Gasteiger partial charge in [0.15, 0.2) is 0 Å². The van der Waals surface area contributed by atoms with Gasteiger partial charge in [0.2, 0.25) is 0 Å². The second-order valence-electron chi connectivity index (χ2n) is 5.18. The zero-order valence-corrected chi connectivity index (χ0v) is 11.2. The Balaban J connectivity index is 1.88. The Morgan fingerprint density at radius 3 is 2.52 bits per heavy atom. The molecule has 108 valence electrons. The van der Waals surface area contributed by atoms with Gasteiger partial charge >= 0.3 is 11.9 Å². The molecule has 2 N–H and O–H groups in total. The van der Waals surface area contributed by atoms with Gasteiger partial charge in [-0.25, -0.2) is 9.48 Å². The van der Waals surface area contributed by atoms with Gasteiger partial charge in [0.1, 0.15) is 0 Å². The largest absolute Gasteiger partial charge is 0.481 e. The summed E-state index contributed by atoms with van der Waals surface area (Å²) in [5.41, 5.74) is 2.87. The van der Waals surface area contributed by atoms with E-state index in [1.165, 1.54) is 12.1 Å². The van der Waals surface area contributed by atoms with Gasteiger partial charge in [0.05, 0.1) is 22.9 Å². The lowest BCUT2D eigenvalue weighted by Gasteiger charge is -2.16. The van der Waals surface area contributed by atoms with Crippen molar-refractivity contribution >= 4 is 11.9 Å². The van der Waals surface area contributed by atoms with Crippen LogP contribution in [0.2, 0.25) is 0 Å². The number of fused-ring (bicyclic) bond motifs is 1. The molecule has 1 heterocycles. The fourth-order valence-electron chi connectivity index (χ4n) is 2.60. The van der Waals surface area contributed by atoms with Crippen LogP contribution in [0.3, 0.4) is 0 Å². The molecule has 0 aliphatic heterocycles. The van der Waals surface area contributed by atoms with Crippen molar-refractivity contribution in [1.29, 1.82) is 0 Å². The molecule has 0 spiro atoms. The van der Waals surface area contributed by atoms with Gasteiger partial charge in [0, 0.05) is 6.20 Å². The van der Waals surface area contributed by atoms with E-state index in [-0.39, 0.29) is 11.5 Å². The highest BCUT2D eigenvalue weighted by atomic mass is 16.4. The number of carbonyl (C=O) groups is 2. The zero-order valence-electron chi connectivity index (χ0n) is 11.2. The molecule has 1 atom stereocenters. The Morgan fingerprint density at radius 1 is 1.19 bits per heavy atom. The number of aliphatic carboxylic acids is 1. The SMILES string of the molecule is O=C(O)c1ccc(-n2cc3c(n2)CCC(C(=O)O)C3)cc1. The van der Waals surface area contributed by atoms with Crippen LogP contribution in [0.5, 0.6) is 0 Å². The van der Waals surface area contributed by atoms with Crippen LogP contribution in [-0.4, -0.2) is 31.9 Å². The summed E-state index contributed by atoms with van der Waals surface area (Å²) in [6.07, 6.45) is 3.60. The van der Waals surface area contributed by atoms with Crippen LogP contribution in [-0.2, 0) is 17.6 Å². The maximum atomic E-state index is 11.1. The number of hydrogen-bond acceptors (Lipinski definition) is 3. The molecule has 0 radical (unpaired) electrons. The third-order valence-corrected chi connectivity index (χ3v) is 3.80. The fraction of sp³-hybridized carbons (Fsp3) is 0.267. The van der Waals surface area contributed by atoms with Crippen molar-refractivity contribution in [3.8, 4) is 5.69 Å². The molecule has 21 heavy (non-hydrogen) atoms. The number of benzene rings is 1. The van der Waals surface area contributed by atoms with Gasteiger partial charge in [-0.15, -0.1) is 0 Å². The van der Waals surface area contributed by atoms with E-state index in [0.29, 0.717) is 19.3 Å². The minimum absolute atomic E-state index is 0.224. The Bertz CT molecular complexity index is 703. The van der Waals surface area contributed by atoms with E-state index >= 15 is 0 Å². The standard InChI is InChI=1S/C15H14N2O4/c18-14(19)9-1-4-12(5-2-9)17-8-11-7-10(15(20)21)3-6-13(11)16-17/h1-2,4-5,8,10H,3,6-7H2,(H,18,19)(H,20,21). The summed E-state index contributed by atoms with van der Waals surface area (Å²) in [7, 11) is 0. The van der Waals surface area contributed by atoms with E-state index in [0.717, 1.165) is 16.9 Å². The molecule has 1 aromatic carbocycles. The van der Waals surface area contributed by atoms with Crippen molar-refractivity contribution in [2.45, 2.75) is 19.3 Å². The molecule has 0 saturated carbocycles. The maximum Gasteiger partial charge on any atom is 0.335 e. The quantitative estimate of drug-likeness (QED) is 0.897. The second kappa shape index (κ2) is 5.05. The number of aromatic carboxylic acids is 1. The third kappa shape index (κ3) is 2.52. The van der Waals surface area contributed by atoms with Crippen LogP contribution in [0, 0.1) is 5.92 Å². The average molecular weight is 286 g/mol. The van der Waals surface area contributed by atoms with Crippen molar-refractivity contribution < 1.29 is 19.8 Å². The molecule has 0 saturated heterocycles. The number of carboxylic acids is 2. The smallest absolute Gasteiger partial charge is 0.335 e. The third-order valence-electron chi connectivity index (χ3n) is 3.80. The molecule has 0 bridgehead atoms. The predicted octanol–water partition coefficient (Wildman–Crippen LogP) is 1.76. The van der Waals surface area contributed by atoms with Crippen LogP contribution in [0.25, 0.3) is 5.69 Å². The highest BCUT2D eigenvalue weighted by Gasteiger charge is 2.26. The summed E-state index contributed by atoms with van der Waals surface area (Å²) < 4.78 is 1.68. The summed E-state index contributed by atoms with van der Waals surface area (Å²) in [6, 6.07) is 6.43. The van der Waals surface area contributed by atoms with Crippen LogP contribution < -0.4 is 0 Å². The zero-order chi connectivity index (χ0) is 15.0. The lowest BCUT2D eigenvalue weighted by Crippen LogP contribution is -2.21. The van der Waals surface area contributed by atoms with Gasteiger partial charge in [-0.2, -0.15) is 5.10 Å². The van der Waals surface area contributed by atoms with Crippen LogP contribution in [0.15, 0.2) is 30.5 Å². The first-order chi connectivity index (χ1) is 10.0. The minimum atomic E-state index is -0.967. The molecule has 1 aliphatic rings. The van der Waals surface area contributed by atoms with Gasteiger partial charge in [-0.1, -0.05) is 0 Å². The topological polar surface area (TPSA) is 92.4 Å². The molecule has 1 aromatic heterocycles. The van der Waals surface area contributed by atoms with E-state index < -0.39 is 11.9 Å². The van der Waals surface area contributed by atoms with E-state index in [9.17, 15) is 9.59 Å². The Hall–Kier alpha value is -2.63. The average Bonchev–Trinajstić information content (AvgIpc) is 2.90. The minimum Gasteiger partial charge on any atom is -0.481 e. The molecule has 1 unspecified atom stereocenters. The first-order valence-electron chi connectivity index (χ1n) is 6.68. The van der Waals surface area contributed by atoms with Crippen molar-refractivity contribution in [3.63, 3.8) is 0 Å². The predicted molar refractivity (Wildman–Crippen MR) is 73.7 cm³/mol. The van der Waals surface area contributed by atoms with Crippen molar-refractivity contribution in [2.75, 3.05) is 0 Å². The van der Waals surface area contributed by atoms with E-state index in [1.807, 2.05) is 6.20 Å². The van der Waals surface area contributed by atoms with Crippen molar-refractivity contribution in [1.82, 2.24) is 9.78 Å². The summed E-state index contributed by atoms with van der Waals surface area (Å²) in [6.45, 7) is 0. The molecule has 2 aromatic rings. The molecule has 0 amide bonds. The lowest BCUT2D eigenvalue weighted by atomic mass is 9.88. The summed E-state index contributed by atoms with van der Waals surface area (Å²) in [5, 5.41) is 22.4. The van der Waals surface area contributed by atoms with Crippen molar-refractivity contribution in [2.24, 2.45) is 5.92 Å². The summed E-state index contributed by atoms with van der Waals surface area (Å²) >= 11 is 0. The number of aromatic nitrogens is 2. The van der Waals surface area contributed by atoms with Crippen molar-refractivity contribution in [3.05, 3.63) is 47.3 Å².